The Balaban J connectivity index is 1.58. The summed E-state index contributed by atoms with van der Waals surface area (Å²) in [5, 5.41) is 13.9. The molecule has 1 aliphatic heterocycles. The molecule has 1 heterocycles. The van der Waals surface area contributed by atoms with Gasteiger partial charge in [-0.15, -0.1) is 0 Å². The molecule has 0 spiro atoms. The molecule has 1 amide bonds. The maximum atomic E-state index is 12.4. The first kappa shape index (κ1) is 20.6. The van der Waals surface area contributed by atoms with Gasteiger partial charge in [0.05, 0.1) is 24.6 Å². The van der Waals surface area contributed by atoms with Crippen molar-refractivity contribution in [1.29, 1.82) is 0 Å². The largest absolute Gasteiger partial charge is 0.496 e. The fraction of sp³-hybridized carbons (Fsp3) is 0.381. The Kier molecular flexibility index (Phi) is 6.33. The number of amides is 1. The van der Waals surface area contributed by atoms with Crippen molar-refractivity contribution in [2.75, 3.05) is 50.1 Å². The number of nitro benzene ring substituents is 1. The standard InChI is InChI=1S/C21H26N4O4/c1-15-5-4-6-19(16(15)2)24-11-9-23(10-12-24)14-21(26)22-18-8-7-17(29-3)13-20(18)25(27)28/h4-8,13H,9-12,14H2,1-3H3,(H,22,26). The second-order valence-corrected chi connectivity index (χ2v) is 7.17. The number of aryl methyl sites for hydroxylation is 1. The van der Waals surface area contributed by atoms with Crippen molar-refractivity contribution < 1.29 is 14.5 Å². The van der Waals surface area contributed by atoms with Crippen molar-refractivity contribution in [2.24, 2.45) is 0 Å². The maximum Gasteiger partial charge on any atom is 0.296 e. The Morgan fingerprint density at radius 2 is 1.90 bits per heavy atom. The van der Waals surface area contributed by atoms with Gasteiger partial charge in [-0.25, -0.2) is 0 Å². The lowest BCUT2D eigenvalue weighted by Gasteiger charge is -2.36. The third-order valence-electron chi connectivity index (χ3n) is 5.33. The summed E-state index contributed by atoms with van der Waals surface area (Å²) in [5.41, 5.74) is 3.78. The van der Waals surface area contributed by atoms with Crippen molar-refractivity contribution in [1.82, 2.24) is 4.90 Å². The fourth-order valence-electron chi connectivity index (χ4n) is 3.51. The number of nitro groups is 1. The summed E-state index contributed by atoms with van der Waals surface area (Å²) in [5.74, 6) is 0.107. The van der Waals surface area contributed by atoms with E-state index in [0.717, 1.165) is 26.2 Å². The second-order valence-electron chi connectivity index (χ2n) is 7.17. The number of benzene rings is 2. The Morgan fingerprint density at radius 1 is 1.17 bits per heavy atom. The van der Waals surface area contributed by atoms with Crippen LogP contribution in [0.1, 0.15) is 11.1 Å². The highest BCUT2D eigenvalue weighted by Gasteiger charge is 2.22. The van der Waals surface area contributed by atoms with Crippen molar-refractivity contribution >= 4 is 23.0 Å². The van der Waals surface area contributed by atoms with E-state index in [1.54, 1.807) is 6.07 Å². The molecule has 8 nitrogen and oxygen atoms in total. The molecule has 0 radical (unpaired) electrons. The van der Waals surface area contributed by atoms with Crippen molar-refractivity contribution in [3.8, 4) is 5.75 Å². The summed E-state index contributed by atoms with van der Waals surface area (Å²) in [4.78, 5) is 27.6. The molecule has 0 saturated carbocycles. The lowest BCUT2D eigenvalue weighted by atomic mass is 10.1. The van der Waals surface area contributed by atoms with Crippen molar-refractivity contribution in [2.45, 2.75) is 13.8 Å². The van der Waals surface area contributed by atoms with E-state index in [1.165, 1.54) is 36.1 Å². The van der Waals surface area contributed by atoms with E-state index in [4.69, 9.17) is 4.74 Å². The van der Waals surface area contributed by atoms with E-state index in [9.17, 15) is 14.9 Å². The van der Waals surface area contributed by atoms with Crippen LogP contribution in [0.3, 0.4) is 0 Å². The first-order valence-electron chi connectivity index (χ1n) is 9.55. The van der Waals surface area contributed by atoms with Crippen LogP contribution >= 0.6 is 0 Å². The second kappa shape index (κ2) is 8.91. The molecule has 8 heteroatoms. The van der Waals surface area contributed by atoms with Gasteiger partial charge in [0, 0.05) is 31.9 Å². The van der Waals surface area contributed by atoms with E-state index in [-0.39, 0.29) is 23.8 Å². The number of ether oxygens (including phenoxy) is 1. The lowest BCUT2D eigenvalue weighted by molar-refractivity contribution is -0.384. The number of anilines is 2. The van der Waals surface area contributed by atoms with Crippen LogP contribution in [0.4, 0.5) is 17.1 Å². The van der Waals surface area contributed by atoms with Crippen LogP contribution in [0.15, 0.2) is 36.4 Å². The molecule has 154 valence electrons. The van der Waals surface area contributed by atoms with Crippen molar-refractivity contribution in [3.05, 3.63) is 57.6 Å². The average Bonchev–Trinajstić information content (AvgIpc) is 2.71. The maximum absolute atomic E-state index is 12.4. The molecule has 0 atom stereocenters. The molecule has 0 aromatic heterocycles. The van der Waals surface area contributed by atoms with Crippen molar-refractivity contribution in [3.63, 3.8) is 0 Å². The molecular weight excluding hydrogens is 372 g/mol. The summed E-state index contributed by atoms with van der Waals surface area (Å²) in [7, 11) is 1.44. The van der Waals surface area contributed by atoms with E-state index in [1.807, 2.05) is 0 Å². The number of hydrogen-bond acceptors (Lipinski definition) is 6. The zero-order valence-corrected chi connectivity index (χ0v) is 17.0. The summed E-state index contributed by atoms with van der Waals surface area (Å²) in [6.07, 6.45) is 0. The summed E-state index contributed by atoms with van der Waals surface area (Å²) in [6, 6.07) is 10.7. The number of carbonyl (C=O) groups excluding carboxylic acids is 1. The van der Waals surface area contributed by atoms with E-state index in [0.29, 0.717) is 5.75 Å². The van der Waals surface area contributed by atoms with E-state index >= 15 is 0 Å². The first-order chi connectivity index (χ1) is 13.9. The number of methoxy groups -OCH3 is 1. The van der Waals surface area contributed by atoms with Crippen LogP contribution in [0.25, 0.3) is 0 Å². The minimum Gasteiger partial charge on any atom is -0.496 e. The quantitative estimate of drug-likeness (QED) is 0.595. The molecule has 1 saturated heterocycles. The van der Waals surface area contributed by atoms with Crippen LogP contribution in [-0.2, 0) is 4.79 Å². The van der Waals surface area contributed by atoms with Crippen LogP contribution in [0.5, 0.6) is 5.75 Å². The van der Waals surface area contributed by atoms with E-state index < -0.39 is 4.92 Å². The Morgan fingerprint density at radius 3 is 2.55 bits per heavy atom. The molecular formula is C21H26N4O4. The lowest BCUT2D eigenvalue weighted by Crippen LogP contribution is -2.48. The number of nitrogens with zero attached hydrogens (tertiary/aromatic N) is 3. The summed E-state index contributed by atoms with van der Waals surface area (Å²) < 4.78 is 5.02. The SMILES string of the molecule is COc1ccc(NC(=O)CN2CCN(c3cccc(C)c3C)CC2)c([N+](=O)[O-])c1. The molecule has 3 rings (SSSR count). The van der Waals surface area contributed by atoms with Gasteiger partial charge < -0.3 is 15.0 Å². The molecule has 1 aliphatic rings. The van der Waals surface area contributed by atoms with E-state index in [2.05, 4.69) is 47.2 Å². The molecule has 29 heavy (non-hydrogen) atoms. The third kappa shape index (κ3) is 4.83. The topological polar surface area (TPSA) is 88.0 Å². The monoisotopic (exact) mass is 398 g/mol. The fourth-order valence-corrected chi connectivity index (χ4v) is 3.51. The molecule has 0 unspecified atom stereocenters. The van der Waals surface area contributed by atoms with Crippen LogP contribution in [0, 0.1) is 24.0 Å². The van der Waals surface area contributed by atoms with Gasteiger partial charge in [0.2, 0.25) is 5.91 Å². The minimum atomic E-state index is -0.527. The number of nitrogens with one attached hydrogen (secondary N) is 1. The Hall–Kier alpha value is -3.13. The molecule has 2 aromatic rings. The van der Waals surface area contributed by atoms with Gasteiger partial charge in [-0.05, 0) is 43.2 Å². The molecule has 1 fully saturated rings. The number of carbonyl (C=O) groups is 1. The Labute approximate surface area is 170 Å². The molecule has 0 aliphatic carbocycles. The normalized spacial score (nSPS) is 14.5. The average molecular weight is 398 g/mol. The summed E-state index contributed by atoms with van der Waals surface area (Å²) >= 11 is 0. The van der Waals surface area contributed by atoms with Gasteiger partial charge in [0.1, 0.15) is 11.4 Å². The minimum absolute atomic E-state index is 0.176. The zero-order valence-electron chi connectivity index (χ0n) is 17.0. The van der Waals surface area contributed by atoms with Gasteiger partial charge in [-0.2, -0.15) is 0 Å². The van der Waals surface area contributed by atoms with Gasteiger partial charge >= 0.3 is 0 Å². The van der Waals surface area contributed by atoms with Crippen LogP contribution in [0.2, 0.25) is 0 Å². The Bertz CT molecular complexity index is 908. The number of rotatable bonds is 6. The number of hydrogen-bond donors (Lipinski definition) is 1. The van der Waals surface area contributed by atoms with Crippen LogP contribution < -0.4 is 15.0 Å². The van der Waals surface area contributed by atoms with Gasteiger partial charge in [0.15, 0.2) is 0 Å². The number of piperazine rings is 1. The van der Waals surface area contributed by atoms with Gasteiger partial charge in [0.25, 0.3) is 5.69 Å². The molecule has 2 aromatic carbocycles. The molecule has 0 bridgehead atoms. The smallest absolute Gasteiger partial charge is 0.296 e. The summed E-state index contributed by atoms with van der Waals surface area (Å²) in [6.45, 7) is 7.62. The highest BCUT2D eigenvalue weighted by Crippen LogP contribution is 2.29. The first-order valence-corrected chi connectivity index (χ1v) is 9.55. The predicted octanol–water partition coefficient (Wildman–Crippen LogP) is 2.98. The van der Waals surface area contributed by atoms with Crippen LogP contribution in [-0.4, -0.2) is 55.6 Å². The zero-order chi connectivity index (χ0) is 21.0. The molecule has 1 N–H and O–H groups in total. The third-order valence-corrected chi connectivity index (χ3v) is 5.33. The van der Waals surface area contributed by atoms with Gasteiger partial charge in [-0.1, -0.05) is 12.1 Å². The highest BCUT2D eigenvalue weighted by atomic mass is 16.6. The predicted molar refractivity (Wildman–Crippen MR) is 113 cm³/mol. The van der Waals surface area contributed by atoms with Gasteiger partial charge in [-0.3, -0.25) is 19.8 Å². The highest BCUT2D eigenvalue weighted by molar-refractivity contribution is 5.94.